The van der Waals surface area contributed by atoms with Crippen molar-refractivity contribution in [2.75, 3.05) is 12.5 Å². The number of benzene rings is 1. The molecule has 1 aromatic carbocycles. The van der Waals surface area contributed by atoms with Gasteiger partial charge in [-0.1, -0.05) is 0 Å². The van der Waals surface area contributed by atoms with Gasteiger partial charge >= 0.3 is 0 Å². The van der Waals surface area contributed by atoms with E-state index in [9.17, 15) is 5.11 Å². The minimum Gasteiger partial charge on any atom is -0.504 e. The van der Waals surface area contributed by atoms with Crippen LogP contribution in [0.1, 0.15) is 0 Å². The van der Waals surface area contributed by atoms with E-state index in [1.165, 1.54) is 19.2 Å². The van der Waals surface area contributed by atoms with E-state index in [2.05, 4.69) is 10.5 Å². The topological polar surface area (TPSA) is 101 Å². The molecule has 6 nitrogen and oxygen atoms in total. The van der Waals surface area contributed by atoms with Crippen LogP contribution in [0, 0.1) is 22.7 Å². The monoisotopic (exact) mass is 216 g/mol. The Morgan fingerprint density at radius 1 is 1.44 bits per heavy atom. The number of ether oxygens (including phenoxy) is 1. The summed E-state index contributed by atoms with van der Waals surface area (Å²) in [6.45, 7) is 0. The Kier molecular flexibility index (Phi) is 3.71. The van der Waals surface area contributed by atoms with Crippen LogP contribution < -0.4 is 10.2 Å². The molecule has 16 heavy (non-hydrogen) atoms. The number of aromatic hydroxyl groups is 1. The van der Waals surface area contributed by atoms with Crippen LogP contribution in [-0.2, 0) is 0 Å². The molecular weight excluding hydrogens is 208 g/mol. The Bertz CT molecular complexity index is 481. The number of anilines is 1. The first-order valence-corrected chi connectivity index (χ1v) is 4.22. The highest BCUT2D eigenvalue weighted by atomic mass is 16.5. The van der Waals surface area contributed by atoms with Gasteiger partial charge in [-0.2, -0.15) is 15.6 Å². The maximum absolute atomic E-state index is 9.43. The van der Waals surface area contributed by atoms with Gasteiger partial charge in [-0.15, -0.1) is 0 Å². The fraction of sp³-hybridized carbons (Fsp3) is 0.100. The van der Waals surface area contributed by atoms with Crippen LogP contribution >= 0.6 is 0 Å². The van der Waals surface area contributed by atoms with E-state index in [0.29, 0.717) is 11.4 Å². The van der Waals surface area contributed by atoms with E-state index in [1.54, 1.807) is 18.2 Å². The van der Waals surface area contributed by atoms with Gasteiger partial charge in [0.05, 0.1) is 12.8 Å². The van der Waals surface area contributed by atoms with Gasteiger partial charge in [0.2, 0.25) is 5.71 Å². The van der Waals surface area contributed by atoms with Gasteiger partial charge in [-0.05, 0) is 12.1 Å². The second-order valence-corrected chi connectivity index (χ2v) is 2.68. The molecule has 0 radical (unpaired) electrons. The number of rotatable bonds is 3. The maximum atomic E-state index is 9.43. The molecule has 0 aliphatic heterocycles. The highest BCUT2D eigenvalue weighted by Crippen LogP contribution is 2.28. The largest absolute Gasteiger partial charge is 0.504 e. The minimum absolute atomic E-state index is 0.0573. The van der Waals surface area contributed by atoms with E-state index in [0.717, 1.165) is 0 Å². The molecule has 0 fully saturated rings. The van der Waals surface area contributed by atoms with Crippen LogP contribution in [-0.4, -0.2) is 17.9 Å². The lowest BCUT2D eigenvalue weighted by Crippen LogP contribution is -1.96. The molecule has 0 saturated carbocycles. The van der Waals surface area contributed by atoms with Gasteiger partial charge in [-0.25, -0.2) is 0 Å². The van der Waals surface area contributed by atoms with Gasteiger partial charge in [0.25, 0.3) is 0 Å². The minimum atomic E-state index is -0.296. The van der Waals surface area contributed by atoms with E-state index in [1.807, 2.05) is 0 Å². The number of phenolic OH excluding ortho intramolecular Hbond substituents is 1. The number of hydrogen-bond donors (Lipinski definition) is 2. The summed E-state index contributed by atoms with van der Waals surface area (Å²) in [6.07, 6.45) is 0. The summed E-state index contributed by atoms with van der Waals surface area (Å²) in [5, 5.41) is 29.8. The summed E-state index contributed by atoms with van der Waals surface area (Å²) in [5.74, 6) is 0.272. The molecule has 0 aliphatic carbocycles. The highest BCUT2D eigenvalue weighted by Gasteiger charge is 2.01. The number of hydrogen-bond acceptors (Lipinski definition) is 6. The van der Waals surface area contributed by atoms with Crippen LogP contribution in [0.4, 0.5) is 5.69 Å². The number of methoxy groups -OCH3 is 1. The smallest absolute Gasteiger partial charge is 0.237 e. The van der Waals surface area contributed by atoms with Crippen molar-refractivity contribution in [2.45, 2.75) is 0 Å². The molecule has 0 heterocycles. The average molecular weight is 216 g/mol. The molecule has 6 heteroatoms. The van der Waals surface area contributed by atoms with Gasteiger partial charge < -0.3 is 9.84 Å². The fourth-order valence-corrected chi connectivity index (χ4v) is 0.955. The Balaban J connectivity index is 2.85. The molecule has 0 aliphatic rings. The molecule has 1 rings (SSSR count). The van der Waals surface area contributed by atoms with E-state index in [4.69, 9.17) is 15.3 Å². The normalized spacial score (nSPS) is 8.44. The third-order valence-electron chi connectivity index (χ3n) is 1.69. The first-order valence-electron chi connectivity index (χ1n) is 4.22. The van der Waals surface area contributed by atoms with E-state index in [-0.39, 0.29) is 11.5 Å². The Labute approximate surface area is 92.0 Å². The number of nitrogens with zero attached hydrogens (tertiary/aromatic N) is 3. The van der Waals surface area contributed by atoms with Gasteiger partial charge in [0.15, 0.2) is 11.5 Å². The summed E-state index contributed by atoms with van der Waals surface area (Å²) in [4.78, 5) is 0. The van der Waals surface area contributed by atoms with Crippen LogP contribution in [0.5, 0.6) is 11.5 Å². The third-order valence-corrected chi connectivity index (χ3v) is 1.69. The number of nitrogens with one attached hydrogen (secondary N) is 1. The first kappa shape index (κ1) is 11.3. The van der Waals surface area contributed by atoms with Crippen LogP contribution in [0.15, 0.2) is 23.3 Å². The zero-order valence-corrected chi connectivity index (χ0v) is 8.43. The highest BCUT2D eigenvalue weighted by molar-refractivity contribution is 6.10. The second-order valence-electron chi connectivity index (χ2n) is 2.68. The van der Waals surface area contributed by atoms with Crippen molar-refractivity contribution in [1.82, 2.24) is 0 Å². The summed E-state index contributed by atoms with van der Waals surface area (Å²) in [7, 11) is 1.43. The molecule has 80 valence electrons. The average Bonchev–Trinajstić information content (AvgIpc) is 2.30. The predicted octanol–water partition coefficient (Wildman–Crippen LogP) is 1.22. The lowest BCUT2D eigenvalue weighted by atomic mass is 10.3. The van der Waals surface area contributed by atoms with Crippen LogP contribution in [0.2, 0.25) is 0 Å². The van der Waals surface area contributed by atoms with E-state index < -0.39 is 0 Å². The summed E-state index contributed by atoms with van der Waals surface area (Å²) < 4.78 is 4.85. The summed E-state index contributed by atoms with van der Waals surface area (Å²) in [6, 6.07) is 7.69. The predicted molar refractivity (Wildman–Crippen MR) is 56.9 cm³/mol. The molecule has 0 amide bonds. The zero-order chi connectivity index (χ0) is 12.0. The summed E-state index contributed by atoms with van der Waals surface area (Å²) >= 11 is 0. The molecule has 0 spiro atoms. The fourth-order valence-electron chi connectivity index (χ4n) is 0.955. The standard InChI is InChI=1S/C10H8N4O2/c1-16-10-3-2-7(4-9(10)15)13-14-8(5-11)6-12/h2-4,13,15H,1H3. The van der Waals surface area contributed by atoms with Crippen molar-refractivity contribution in [3.8, 4) is 23.6 Å². The van der Waals surface area contributed by atoms with Crippen molar-refractivity contribution in [3.05, 3.63) is 18.2 Å². The first-order chi connectivity index (χ1) is 7.71. The van der Waals surface area contributed by atoms with Crippen LogP contribution in [0.25, 0.3) is 0 Å². The van der Waals surface area contributed by atoms with E-state index >= 15 is 0 Å². The molecule has 0 unspecified atom stereocenters. The molecule has 0 aromatic heterocycles. The second kappa shape index (κ2) is 5.23. The molecule has 1 aromatic rings. The molecule has 0 bridgehead atoms. The number of phenols is 1. The van der Waals surface area contributed by atoms with Gasteiger partial charge in [0, 0.05) is 6.07 Å². The van der Waals surface area contributed by atoms with Crippen molar-refractivity contribution in [1.29, 1.82) is 10.5 Å². The van der Waals surface area contributed by atoms with Gasteiger partial charge in [0.1, 0.15) is 12.1 Å². The molecule has 2 N–H and O–H groups in total. The Morgan fingerprint density at radius 2 is 2.12 bits per heavy atom. The van der Waals surface area contributed by atoms with Gasteiger partial charge in [-0.3, -0.25) is 5.43 Å². The third kappa shape index (κ3) is 2.63. The molecule has 0 atom stereocenters. The van der Waals surface area contributed by atoms with Crippen molar-refractivity contribution in [2.24, 2.45) is 5.10 Å². The van der Waals surface area contributed by atoms with Crippen molar-refractivity contribution in [3.63, 3.8) is 0 Å². The lowest BCUT2D eigenvalue weighted by Gasteiger charge is -2.05. The molecule has 0 saturated heterocycles. The SMILES string of the molecule is COc1ccc(NN=C(C#N)C#N)cc1O. The van der Waals surface area contributed by atoms with Crippen molar-refractivity contribution >= 4 is 11.4 Å². The maximum Gasteiger partial charge on any atom is 0.237 e. The lowest BCUT2D eigenvalue weighted by molar-refractivity contribution is 0.373. The zero-order valence-electron chi connectivity index (χ0n) is 8.43. The Hall–Kier alpha value is -2.73. The Morgan fingerprint density at radius 3 is 2.62 bits per heavy atom. The molecular formula is C10H8N4O2. The van der Waals surface area contributed by atoms with Crippen LogP contribution in [0.3, 0.4) is 0 Å². The van der Waals surface area contributed by atoms with Crippen molar-refractivity contribution < 1.29 is 9.84 Å². The quantitative estimate of drug-likeness (QED) is 0.584. The summed E-state index contributed by atoms with van der Waals surface area (Å²) in [5.41, 5.74) is 2.62. The number of nitriles is 2. The number of hydrazone groups is 1.